The third-order valence-corrected chi connectivity index (χ3v) is 4.97. The van der Waals surface area contributed by atoms with E-state index in [1.807, 2.05) is 0 Å². The summed E-state index contributed by atoms with van der Waals surface area (Å²) in [4.78, 5) is 14.9. The van der Waals surface area contributed by atoms with Crippen LogP contribution in [0.2, 0.25) is 0 Å². The van der Waals surface area contributed by atoms with Crippen LogP contribution in [0.5, 0.6) is 0 Å². The minimum atomic E-state index is -0.0645. The van der Waals surface area contributed by atoms with Crippen LogP contribution in [-0.4, -0.2) is 37.0 Å². The number of nitrogens with one attached hydrogen (secondary N) is 1. The number of nitrogens with zero attached hydrogens (tertiary/aromatic N) is 1. The van der Waals surface area contributed by atoms with E-state index in [0.29, 0.717) is 11.8 Å². The molecule has 2 aliphatic rings. The molecular formula is C15H28N2O. The molecule has 1 saturated carbocycles. The molecule has 0 aromatic carbocycles. The lowest BCUT2D eigenvalue weighted by atomic mass is 9.75. The number of carbonyl (C=O) groups is 1. The first kappa shape index (κ1) is 13.9. The smallest absolute Gasteiger partial charge is 0.226 e. The van der Waals surface area contributed by atoms with Gasteiger partial charge in [-0.05, 0) is 44.7 Å². The Balaban J connectivity index is 1.78. The van der Waals surface area contributed by atoms with E-state index in [2.05, 4.69) is 24.1 Å². The zero-order chi connectivity index (χ0) is 13.0. The van der Waals surface area contributed by atoms with Crippen LogP contribution < -0.4 is 5.32 Å². The molecule has 0 spiro atoms. The Morgan fingerprint density at radius 2 is 1.78 bits per heavy atom. The number of rotatable bonds is 5. The number of amides is 1. The maximum Gasteiger partial charge on any atom is 0.226 e. The number of likely N-dealkylation sites (tertiary alicyclic amines) is 1. The van der Waals surface area contributed by atoms with Gasteiger partial charge in [-0.15, -0.1) is 0 Å². The van der Waals surface area contributed by atoms with Crippen molar-refractivity contribution in [3.05, 3.63) is 0 Å². The Morgan fingerprint density at radius 1 is 1.17 bits per heavy atom. The standard InChI is InChI=1S/C15H28N2O/c1-13(2)15(7-3-4-8-15)14(18)16-9-12-17-10-5-6-11-17/h13H,3-12H2,1-2H3,(H,16,18). The maximum absolute atomic E-state index is 12.5. The normalized spacial score (nSPS) is 23.7. The van der Waals surface area contributed by atoms with E-state index < -0.39 is 0 Å². The molecule has 0 aromatic heterocycles. The quantitative estimate of drug-likeness (QED) is 0.815. The first-order valence-corrected chi connectivity index (χ1v) is 7.66. The first-order valence-electron chi connectivity index (χ1n) is 7.66. The van der Waals surface area contributed by atoms with E-state index >= 15 is 0 Å². The van der Waals surface area contributed by atoms with Crippen molar-refractivity contribution in [3.63, 3.8) is 0 Å². The molecule has 1 amide bonds. The molecule has 0 aromatic rings. The highest BCUT2D eigenvalue weighted by Gasteiger charge is 2.43. The third kappa shape index (κ3) is 2.87. The number of hydrogen-bond donors (Lipinski definition) is 1. The Labute approximate surface area is 111 Å². The largest absolute Gasteiger partial charge is 0.354 e. The molecule has 18 heavy (non-hydrogen) atoms. The van der Waals surface area contributed by atoms with Gasteiger partial charge in [-0.1, -0.05) is 26.7 Å². The van der Waals surface area contributed by atoms with Crippen LogP contribution in [0.15, 0.2) is 0 Å². The van der Waals surface area contributed by atoms with Gasteiger partial charge >= 0.3 is 0 Å². The van der Waals surface area contributed by atoms with Crippen molar-refractivity contribution >= 4 is 5.91 Å². The van der Waals surface area contributed by atoms with Gasteiger partial charge in [-0.25, -0.2) is 0 Å². The Bertz CT molecular complexity index is 276. The summed E-state index contributed by atoms with van der Waals surface area (Å²) in [6, 6.07) is 0. The van der Waals surface area contributed by atoms with E-state index in [4.69, 9.17) is 0 Å². The van der Waals surface area contributed by atoms with Crippen LogP contribution in [-0.2, 0) is 4.79 Å². The van der Waals surface area contributed by atoms with Gasteiger partial charge < -0.3 is 10.2 Å². The second kappa shape index (κ2) is 6.05. The molecular weight excluding hydrogens is 224 g/mol. The lowest BCUT2D eigenvalue weighted by Crippen LogP contribution is -2.45. The van der Waals surface area contributed by atoms with Crippen LogP contribution in [0, 0.1) is 11.3 Å². The van der Waals surface area contributed by atoms with Gasteiger partial charge in [-0.2, -0.15) is 0 Å². The van der Waals surface area contributed by atoms with Crippen molar-refractivity contribution in [2.24, 2.45) is 11.3 Å². The molecule has 1 aliphatic heterocycles. The fourth-order valence-corrected chi connectivity index (χ4v) is 3.58. The van der Waals surface area contributed by atoms with Crippen LogP contribution in [0.3, 0.4) is 0 Å². The molecule has 0 atom stereocenters. The summed E-state index contributed by atoms with van der Waals surface area (Å²) in [7, 11) is 0. The molecule has 2 fully saturated rings. The molecule has 1 aliphatic carbocycles. The number of carbonyl (C=O) groups excluding carboxylic acids is 1. The predicted octanol–water partition coefficient (Wildman–Crippen LogP) is 2.41. The summed E-state index contributed by atoms with van der Waals surface area (Å²) in [5.74, 6) is 0.779. The number of hydrogen-bond acceptors (Lipinski definition) is 2. The molecule has 104 valence electrons. The predicted molar refractivity (Wildman–Crippen MR) is 74.4 cm³/mol. The summed E-state index contributed by atoms with van der Waals surface area (Å²) < 4.78 is 0. The second-order valence-electron chi connectivity index (χ2n) is 6.32. The summed E-state index contributed by atoms with van der Waals surface area (Å²) >= 11 is 0. The molecule has 1 heterocycles. The molecule has 3 heteroatoms. The Kier molecular flexibility index (Phi) is 4.66. The SMILES string of the molecule is CC(C)C1(C(=O)NCCN2CCCC2)CCCC1. The van der Waals surface area contributed by atoms with Crippen molar-refractivity contribution < 1.29 is 4.79 Å². The van der Waals surface area contributed by atoms with Gasteiger partial charge in [0, 0.05) is 13.1 Å². The molecule has 3 nitrogen and oxygen atoms in total. The first-order chi connectivity index (χ1) is 8.65. The molecule has 2 rings (SSSR count). The minimum Gasteiger partial charge on any atom is -0.354 e. The van der Waals surface area contributed by atoms with E-state index in [9.17, 15) is 4.79 Å². The summed E-state index contributed by atoms with van der Waals surface area (Å²) in [5, 5.41) is 3.19. The third-order valence-electron chi connectivity index (χ3n) is 4.97. The summed E-state index contributed by atoms with van der Waals surface area (Å²) in [5.41, 5.74) is -0.0645. The van der Waals surface area contributed by atoms with Gasteiger partial charge in [-0.3, -0.25) is 4.79 Å². The molecule has 1 saturated heterocycles. The van der Waals surface area contributed by atoms with Crippen molar-refractivity contribution in [3.8, 4) is 0 Å². The fraction of sp³-hybridized carbons (Fsp3) is 0.933. The molecule has 0 bridgehead atoms. The lowest BCUT2D eigenvalue weighted by Gasteiger charge is -2.32. The highest BCUT2D eigenvalue weighted by molar-refractivity contribution is 5.83. The van der Waals surface area contributed by atoms with Crippen LogP contribution in [0.4, 0.5) is 0 Å². The van der Waals surface area contributed by atoms with Gasteiger partial charge in [0.25, 0.3) is 0 Å². The van der Waals surface area contributed by atoms with E-state index in [0.717, 1.165) is 25.9 Å². The van der Waals surface area contributed by atoms with Gasteiger partial charge in [0.05, 0.1) is 5.41 Å². The second-order valence-corrected chi connectivity index (χ2v) is 6.32. The van der Waals surface area contributed by atoms with Gasteiger partial charge in [0.2, 0.25) is 5.91 Å². The van der Waals surface area contributed by atoms with E-state index in [-0.39, 0.29) is 5.41 Å². The lowest BCUT2D eigenvalue weighted by molar-refractivity contribution is -0.133. The highest BCUT2D eigenvalue weighted by atomic mass is 16.2. The van der Waals surface area contributed by atoms with Gasteiger partial charge in [0.1, 0.15) is 0 Å². The monoisotopic (exact) mass is 252 g/mol. The van der Waals surface area contributed by atoms with Crippen LogP contribution in [0.1, 0.15) is 52.4 Å². The highest BCUT2D eigenvalue weighted by Crippen LogP contribution is 2.44. The average Bonchev–Trinajstić information content (AvgIpc) is 3.00. The minimum absolute atomic E-state index is 0.0645. The van der Waals surface area contributed by atoms with E-state index in [1.54, 1.807) is 0 Å². The van der Waals surface area contributed by atoms with Crippen molar-refractivity contribution in [1.82, 2.24) is 10.2 Å². The molecule has 0 radical (unpaired) electrons. The zero-order valence-electron chi connectivity index (χ0n) is 12.0. The zero-order valence-corrected chi connectivity index (χ0v) is 12.0. The van der Waals surface area contributed by atoms with Crippen molar-refractivity contribution in [2.75, 3.05) is 26.2 Å². The van der Waals surface area contributed by atoms with E-state index in [1.165, 1.54) is 38.8 Å². The van der Waals surface area contributed by atoms with Crippen LogP contribution in [0.25, 0.3) is 0 Å². The molecule has 0 unspecified atom stereocenters. The fourth-order valence-electron chi connectivity index (χ4n) is 3.58. The van der Waals surface area contributed by atoms with Crippen molar-refractivity contribution in [1.29, 1.82) is 0 Å². The Hall–Kier alpha value is -0.570. The summed E-state index contributed by atoms with van der Waals surface area (Å²) in [6.07, 6.45) is 7.25. The van der Waals surface area contributed by atoms with Crippen molar-refractivity contribution in [2.45, 2.75) is 52.4 Å². The summed E-state index contributed by atoms with van der Waals surface area (Å²) in [6.45, 7) is 8.68. The maximum atomic E-state index is 12.5. The van der Waals surface area contributed by atoms with Crippen LogP contribution >= 0.6 is 0 Å². The topological polar surface area (TPSA) is 32.3 Å². The van der Waals surface area contributed by atoms with Gasteiger partial charge in [0.15, 0.2) is 0 Å². The molecule has 1 N–H and O–H groups in total. The Morgan fingerprint density at radius 3 is 2.33 bits per heavy atom. The average molecular weight is 252 g/mol.